The lowest BCUT2D eigenvalue weighted by Gasteiger charge is -2.37. The second-order valence-corrected chi connectivity index (χ2v) is 10.2. The Morgan fingerprint density at radius 2 is 1.73 bits per heavy atom. The number of aromatic hydroxyl groups is 1. The van der Waals surface area contributed by atoms with Gasteiger partial charge in [0, 0.05) is 50.9 Å². The van der Waals surface area contributed by atoms with E-state index in [1.165, 1.54) is 6.08 Å². The monoisotopic (exact) mass is 547 g/mol. The predicted molar refractivity (Wildman–Crippen MR) is 163 cm³/mol. The molecule has 1 amide bonds. The Kier molecular flexibility index (Phi) is 13.4. The van der Waals surface area contributed by atoms with Crippen molar-refractivity contribution in [1.29, 1.82) is 0 Å². The number of carboxylic acids is 1. The van der Waals surface area contributed by atoms with Crippen molar-refractivity contribution >= 4 is 11.9 Å². The number of amides is 1. The summed E-state index contributed by atoms with van der Waals surface area (Å²) in [6.45, 7) is 17.3. The van der Waals surface area contributed by atoms with Gasteiger partial charge in [-0.3, -0.25) is 9.69 Å². The van der Waals surface area contributed by atoms with E-state index < -0.39 is 5.97 Å². The van der Waals surface area contributed by atoms with Gasteiger partial charge in [-0.25, -0.2) is 4.79 Å². The van der Waals surface area contributed by atoms with Gasteiger partial charge in [0.1, 0.15) is 5.75 Å². The van der Waals surface area contributed by atoms with E-state index in [0.717, 1.165) is 68.0 Å². The smallest absolute Gasteiger partial charge is 0.335 e. The van der Waals surface area contributed by atoms with Crippen LogP contribution in [0, 0.1) is 0 Å². The maximum absolute atomic E-state index is 12.2. The minimum atomic E-state index is -0.938. The molecular formula is C33H45N3O4. The van der Waals surface area contributed by atoms with Crippen LogP contribution in [0.4, 0.5) is 0 Å². The number of carboxylic acid groups (broad SMARTS) is 1. The van der Waals surface area contributed by atoms with Gasteiger partial charge < -0.3 is 20.0 Å². The summed E-state index contributed by atoms with van der Waals surface area (Å²) in [4.78, 5) is 29.6. The Balaban J connectivity index is 0.000000282. The van der Waals surface area contributed by atoms with Crippen molar-refractivity contribution in [3.8, 4) is 5.75 Å². The average molecular weight is 548 g/mol. The number of aliphatic carboxylic acids is 1. The SMILES string of the molecule is C=C/C(=C\C=C(/C)CN1CCN(C)[C@@H](C)C1)C(=O)O.CCN(CC)C(=O)c1ccc(Cc2cccc(O)c2)cc1. The molecule has 0 saturated carbocycles. The van der Waals surface area contributed by atoms with E-state index in [0.29, 0.717) is 6.04 Å². The van der Waals surface area contributed by atoms with Gasteiger partial charge in [0.25, 0.3) is 5.91 Å². The van der Waals surface area contributed by atoms with Crippen molar-refractivity contribution in [2.45, 2.75) is 40.2 Å². The number of phenolic OH excluding ortho intramolecular Hbond substituents is 1. The minimum Gasteiger partial charge on any atom is -0.508 e. The van der Waals surface area contributed by atoms with Crippen molar-refractivity contribution < 1.29 is 19.8 Å². The zero-order valence-electron chi connectivity index (χ0n) is 24.6. The number of likely N-dealkylation sites (N-methyl/N-ethyl adjacent to an activating group) is 1. The molecule has 1 saturated heterocycles. The van der Waals surface area contributed by atoms with Crippen LogP contribution in [0.5, 0.6) is 5.75 Å². The highest BCUT2D eigenvalue weighted by molar-refractivity contribution is 5.94. The topological polar surface area (TPSA) is 84.3 Å². The van der Waals surface area contributed by atoms with Crippen molar-refractivity contribution in [3.05, 3.63) is 101 Å². The Morgan fingerprint density at radius 3 is 2.27 bits per heavy atom. The third kappa shape index (κ3) is 10.5. The van der Waals surface area contributed by atoms with E-state index in [2.05, 4.69) is 30.4 Å². The van der Waals surface area contributed by atoms with E-state index in [1.54, 1.807) is 18.2 Å². The van der Waals surface area contributed by atoms with E-state index in [1.807, 2.05) is 68.1 Å². The summed E-state index contributed by atoms with van der Waals surface area (Å²) in [5.74, 6) is -0.586. The third-order valence-corrected chi connectivity index (χ3v) is 7.10. The molecular weight excluding hydrogens is 502 g/mol. The fraction of sp³-hybridized carbons (Fsp3) is 0.394. The number of benzene rings is 2. The number of carbonyl (C=O) groups is 2. The predicted octanol–water partition coefficient (Wildman–Crippen LogP) is 5.23. The normalized spacial score (nSPS) is 16.6. The first kappa shape index (κ1) is 32.5. The number of piperazine rings is 1. The van der Waals surface area contributed by atoms with Crippen molar-refractivity contribution in [2.75, 3.05) is 46.3 Å². The summed E-state index contributed by atoms with van der Waals surface area (Å²) in [7, 11) is 2.15. The molecule has 0 bridgehead atoms. The van der Waals surface area contributed by atoms with E-state index in [9.17, 15) is 14.7 Å². The van der Waals surface area contributed by atoms with Crippen LogP contribution >= 0.6 is 0 Å². The number of hydrogen-bond donors (Lipinski definition) is 2. The van der Waals surface area contributed by atoms with Crippen LogP contribution < -0.4 is 0 Å². The first-order valence-electron chi connectivity index (χ1n) is 13.9. The van der Waals surface area contributed by atoms with E-state index >= 15 is 0 Å². The number of hydrogen-bond acceptors (Lipinski definition) is 5. The van der Waals surface area contributed by atoms with Crippen molar-refractivity contribution in [2.24, 2.45) is 0 Å². The summed E-state index contributed by atoms with van der Waals surface area (Å²) < 4.78 is 0. The molecule has 0 aromatic heterocycles. The van der Waals surface area contributed by atoms with E-state index in [-0.39, 0.29) is 17.2 Å². The quantitative estimate of drug-likeness (QED) is 0.313. The molecule has 40 heavy (non-hydrogen) atoms. The molecule has 2 N–H and O–H groups in total. The molecule has 7 heteroatoms. The summed E-state index contributed by atoms with van der Waals surface area (Å²) >= 11 is 0. The lowest BCUT2D eigenvalue weighted by molar-refractivity contribution is -0.132. The lowest BCUT2D eigenvalue weighted by atomic mass is 10.0. The number of rotatable bonds is 10. The lowest BCUT2D eigenvalue weighted by Crippen LogP contribution is -2.50. The van der Waals surface area contributed by atoms with Crippen LogP contribution in [0.15, 0.2) is 84.5 Å². The molecule has 7 nitrogen and oxygen atoms in total. The molecule has 0 radical (unpaired) electrons. The van der Waals surface area contributed by atoms with Crippen LogP contribution in [-0.4, -0.2) is 89.1 Å². The average Bonchev–Trinajstić information content (AvgIpc) is 2.92. The summed E-state index contributed by atoms with van der Waals surface area (Å²) in [6, 6.07) is 15.5. The number of phenols is 1. The van der Waals surface area contributed by atoms with Crippen LogP contribution in [0.2, 0.25) is 0 Å². The first-order valence-corrected chi connectivity index (χ1v) is 13.9. The Bertz CT molecular complexity index is 1180. The summed E-state index contributed by atoms with van der Waals surface area (Å²) in [5.41, 5.74) is 4.29. The standard InChI is InChI=1S/C18H21NO2.C15H24N2O2/c1-3-19(4-2)18(21)16-10-8-14(9-11-16)12-15-6-5-7-17(20)13-15;1-5-14(15(18)19)7-6-12(2)10-17-9-8-16(4)13(3)11-17/h5-11,13,20H,3-4,12H2,1-2H3;5-7,13H,1,8-11H2,2-4H3,(H,18,19)/b;12-6+,14-7+/t;13-/m.0/s1. The molecule has 0 unspecified atom stereocenters. The fourth-order valence-electron chi connectivity index (χ4n) is 4.49. The number of allylic oxidation sites excluding steroid dienone is 2. The van der Waals surface area contributed by atoms with Gasteiger partial charge in [-0.2, -0.15) is 0 Å². The van der Waals surface area contributed by atoms with Gasteiger partial charge in [-0.1, -0.05) is 48.6 Å². The molecule has 1 atom stereocenters. The molecule has 1 aliphatic heterocycles. The fourth-order valence-corrected chi connectivity index (χ4v) is 4.49. The zero-order valence-corrected chi connectivity index (χ0v) is 24.6. The van der Waals surface area contributed by atoms with Crippen molar-refractivity contribution in [3.63, 3.8) is 0 Å². The van der Waals surface area contributed by atoms with Crippen LogP contribution in [0.1, 0.15) is 49.2 Å². The third-order valence-electron chi connectivity index (χ3n) is 7.10. The highest BCUT2D eigenvalue weighted by Gasteiger charge is 2.20. The maximum Gasteiger partial charge on any atom is 0.335 e. The molecule has 1 heterocycles. The van der Waals surface area contributed by atoms with Gasteiger partial charge in [0.2, 0.25) is 0 Å². The van der Waals surface area contributed by atoms with Crippen LogP contribution in [0.3, 0.4) is 0 Å². The Morgan fingerprint density at radius 1 is 1.05 bits per heavy atom. The molecule has 1 fully saturated rings. The summed E-state index contributed by atoms with van der Waals surface area (Å²) in [5, 5.41) is 18.4. The van der Waals surface area contributed by atoms with Crippen LogP contribution in [0.25, 0.3) is 0 Å². The van der Waals surface area contributed by atoms with Gasteiger partial charge in [-0.05, 0) is 82.6 Å². The zero-order chi connectivity index (χ0) is 29.7. The Labute approximate surface area is 239 Å². The van der Waals surface area contributed by atoms with Gasteiger partial charge in [-0.15, -0.1) is 0 Å². The Hall–Kier alpha value is -3.68. The second kappa shape index (κ2) is 16.4. The maximum atomic E-state index is 12.2. The molecule has 3 rings (SSSR count). The number of carbonyl (C=O) groups excluding carboxylic acids is 1. The second-order valence-electron chi connectivity index (χ2n) is 10.2. The van der Waals surface area contributed by atoms with Crippen molar-refractivity contribution in [1.82, 2.24) is 14.7 Å². The number of nitrogens with zero attached hydrogens (tertiary/aromatic N) is 3. The van der Waals surface area contributed by atoms with Crippen LogP contribution in [-0.2, 0) is 11.2 Å². The highest BCUT2D eigenvalue weighted by Crippen LogP contribution is 2.16. The first-order chi connectivity index (χ1) is 19.1. The molecule has 2 aromatic rings. The summed E-state index contributed by atoms with van der Waals surface area (Å²) in [6.07, 6.45) is 5.59. The molecule has 0 aliphatic carbocycles. The van der Waals surface area contributed by atoms with Gasteiger partial charge >= 0.3 is 5.97 Å². The van der Waals surface area contributed by atoms with E-state index in [4.69, 9.17) is 5.11 Å². The molecule has 1 aliphatic rings. The minimum absolute atomic E-state index is 0.0731. The molecule has 2 aromatic carbocycles. The highest BCUT2D eigenvalue weighted by atomic mass is 16.4. The van der Waals surface area contributed by atoms with Gasteiger partial charge in [0.05, 0.1) is 5.57 Å². The molecule has 216 valence electrons. The largest absolute Gasteiger partial charge is 0.508 e. The van der Waals surface area contributed by atoms with Gasteiger partial charge in [0.15, 0.2) is 0 Å². The molecule has 0 spiro atoms.